The molecule has 3 rings (SSSR count). The number of unbranched alkanes of at least 4 members (excludes halogenated alkanes) is 2. The van der Waals surface area contributed by atoms with Crippen molar-refractivity contribution in [2.45, 2.75) is 32.6 Å². The highest BCUT2D eigenvalue weighted by Crippen LogP contribution is 2.27. The van der Waals surface area contributed by atoms with Gasteiger partial charge < -0.3 is 11.5 Å². The molecule has 0 atom stereocenters. The zero-order valence-electron chi connectivity index (χ0n) is 15.9. The minimum Gasteiger partial charge on any atom is -0.398 e. The molecule has 0 saturated heterocycles. The van der Waals surface area contributed by atoms with E-state index in [1.54, 1.807) is 18.2 Å². The first kappa shape index (κ1) is 19.9. The number of pyridine rings is 1. The van der Waals surface area contributed by atoms with E-state index in [9.17, 15) is 4.79 Å². The van der Waals surface area contributed by atoms with Gasteiger partial charge in [-0.05, 0) is 60.4 Å². The Kier molecular flexibility index (Phi) is 6.32. The van der Waals surface area contributed by atoms with Crippen LogP contribution in [0.15, 0.2) is 48.5 Å². The van der Waals surface area contributed by atoms with Gasteiger partial charge in [-0.1, -0.05) is 49.6 Å². The van der Waals surface area contributed by atoms with E-state index in [1.165, 1.54) is 12.8 Å². The number of hydrogen-bond acceptors (Lipinski definition) is 3. The van der Waals surface area contributed by atoms with Crippen LogP contribution in [0, 0.1) is 0 Å². The Morgan fingerprint density at radius 3 is 2.54 bits per heavy atom. The highest BCUT2D eigenvalue weighted by atomic mass is 35.5. The zero-order chi connectivity index (χ0) is 20.1. The van der Waals surface area contributed by atoms with Crippen LogP contribution in [0.4, 0.5) is 5.69 Å². The lowest BCUT2D eigenvalue weighted by Crippen LogP contribution is -2.13. The maximum atomic E-state index is 12.1. The van der Waals surface area contributed by atoms with Gasteiger partial charge >= 0.3 is 0 Å². The van der Waals surface area contributed by atoms with E-state index in [2.05, 4.69) is 6.92 Å². The third kappa shape index (κ3) is 4.70. The SMILES string of the molecule is CCCCCc1cc(N)c2cc(/C(=C\c3ccc(Cl)cc3)C(N)=O)ccc2n1. The Bertz CT molecular complexity index is 1030. The molecule has 144 valence electrons. The molecule has 1 amide bonds. The van der Waals surface area contributed by atoms with Crippen LogP contribution in [0.2, 0.25) is 5.02 Å². The van der Waals surface area contributed by atoms with Crippen LogP contribution in [0.1, 0.15) is 43.0 Å². The van der Waals surface area contributed by atoms with Gasteiger partial charge in [-0.2, -0.15) is 0 Å². The average molecular weight is 394 g/mol. The Morgan fingerprint density at radius 1 is 1.11 bits per heavy atom. The number of aryl methyl sites for hydroxylation is 1. The summed E-state index contributed by atoms with van der Waals surface area (Å²) in [6.07, 6.45) is 6.11. The number of nitrogens with zero attached hydrogens (tertiary/aromatic N) is 1. The van der Waals surface area contributed by atoms with Crippen molar-refractivity contribution < 1.29 is 4.79 Å². The van der Waals surface area contributed by atoms with E-state index in [0.29, 0.717) is 21.8 Å². The molecule has 0 fully saturated rings. The van der Waals surface area contributed by atoms with E-state index < -0.39 is 5.91 Å². The number of amides is 1. The van der Waals surface area contributed by atoms with Gasteiger partial charge in [0.25, 0.3) is 0 Å². The summed E-state index contributed by atoms with van der Waals surface area (Å²) < 4.78 is 0. The number of anilines is 1. The molecular formula is C23H24ClN3O. The number of nitrogens with two attached hydrogens (primary N) is 2. The average Bonchev–Trinajstić information content (AvgIpc) is 2.67. The van der Waals surface area contributed by atoms with Gasteiger partial charge in [-0.15, -0.1) is 0 Å². The van der Waals surface area contributed by atoms with Gasteiger partial charge in [-0.3, -0.25) is 9.78 Å². The van der Waals surface area contributed by atoms with Crippen molar-refractivity contribution in [1.82, 2.24) is 4.98 Å². The van der Waals surface area contributed by atoms with Crippen LogP contribution < -0.4 is 11.5 Å². The summed E-state index contributed by atoms with van der Waals surface area (Å²) in [6, 6.07) is 14.8. The predicted octanol–water partition coefficient (Wildman–Crippen LogP) is 5.23. The summed E-state index contributed by atoms with van der Waals surface area (Å²) >= 11 is 5.93. The van der Waals surface area contributed by atoms with Crippen molar-refractivity contribution in [2.24, 2.45) is 5.73 Å². The van der Waals surface area contributed by atoms with Crippen LogP contribution in [0.3, 0.4) is 0 Å². The van der Waals surface area contributed by atoms with Crippen LogP contribution in [-0.4, -0.2) is 10.9 Å². The Balaban J connectivity index is 1.99. The molecule has 28 heavy (non-hydrogen) atoms. The Labute approximate surface area is 170 Å². The lowest BCUT2D eigenvalue weighted by Gasteiger charge is -2.10. The predicted molar refractivity (Wildman–Crippen MR) is 118 cm³/mol. The molecule has 0 radical (unpaired) electrons. The highest BCUT2D eigenvalue weighted by Gasteiger charge is 2.12. The van der Waals surface area contributed by atoms with Crippen LogP contribution in [-0.2, 0) is 11.2 Å². The van der Waals surface area contributed by atoms with E-state index >= 15 is 0 Å². The maximum absolute atomic E-state index is 12.1. The number of carbonyl (C=O) groups is 1. The molecule has 4 nitrogen and oxygen atoms in total. The van der Waals surface area contributed by atoms with Gasteiger partial charge in [0.2, 0.25) is 5.91 Å². The second-order valence-electron chi connectivity index (χ2n) is 6.87. The summed E-state index contributed by atoms with van der Waals surface area (Å²) in [5.41, 5.74) is 16.4. The summed E-state index contributed by atoms with van der Waals surface area (Å²) in [6.45, 7) is 2.18. The van der Waals surface area contributed by atoms with Crippen molar-refractivity contribution in [2.75, 3.05) is 5.73 Å². The van der Waals surface area contributed by atoms with Crippen molar-refractivity contribution in [3.63, 3.8) is 0 Å². The topological polar surface area (TPSA) is 82.0 Å². The molecule has 0 spiro atoms. The normalized spacial score (nSPS) is 11.7. The quantitative estimate of drug-likeness (QED) is 0.327. The minimum absolute atomic E-state index is 0.413. The largest absolute Gasteiger partial charge is 0.398 e. The van der Waals surface area contributed by atoms with Crippen molar-refractivity contribution in [3.05, 3.63) is 70.4 Å². The first-order valence-electron chi connectivity index (χ1n) is 9.44. The number of hydrogen-bond donors (Lipinski definition) is 2. The molecule has 0 aliphatic heterocycles. The van der Waals surface area contributed by atoms with Crippen molar-refractivity contribution >= 4 is 45.7 Å². The number of halogens is 1. The molecule has 1 aromatic heterocycles. The lowest BCUT2D eigenvalue weighted by atomic mass is 9.99. The van der Waals surface area contributed by atoms with E-state index in [4.69, 9.17) is 28.1 Å². The number of nitrogen functional groups attached to an aromatic ring is 1. The molecule has 4 N–H and O–H groups in total. The molecule has 2 aromatic carbocycles. The van der Waals surface area contributed by atoms with Crippen LogP contribution in [0.25, 0.3) is 22.6 Å². The Morgan fingerprint density at radius 2 is 1.86 bits per heavy atom. The van der Waals surface area contributed by atoms with Crippen LogP contribution in [0.5, 0.6) is 0 Å². The first-order valence-corrected chi connectivity index (χ1v) is 9.82. The number of carbonyl (C=O) groups excluding carboxylic acids is 1. The summed E-state index contributed by atoms with van der Waals surface area (Å²) in [4.78, 5) is 16.8. The van der Waals surface area contributed by atoms with Gasteiger partial charge in [0.1, 0.15) is 0 Å². The first-order chi connectivity index (χ1) is 13.5. The number of primary amides is 1. The monoisotopic (exact) mass is 393 g/mol. The van der Waals surface area contributed by atoms with Crippen molar-refractivity contribution in [1.29, 1.82) is 0 Å². The molecule has 0 aliphatic rings. The molecular weight excluding hydrogens is 370 g/mol. The molecule has 5 heteroatoms. The fourth-order valence-electron chi connectivity index (χ4n) is 3.18. The van der Waals surface area contributed by atoms with E-state index in [1.807, 2.05) is 36.4 Å². The van der Waals surface area contributed by atoms with Gasteiger partial charge in [-0.25, -0.2) is 0 Å². The summed E-state index contributed by atoms with van der Waals surface area (Å²) in [7, 11) is 0. The number of aromatic nitrogens is 1. The lowest BCUT2D eigenvalue weighted by molar-refractivity contribution is -0.112. The minimum atomic E-state index is -0.503. The fourth-order valence-corrected chi connectivity index (χ4v) is 3.31. The molecule has 0 saturated carbocycles. The third-order valence-corrected chi connectivity index (χ3v) is 4.94. The molecule has 0 unspecified atom stereocenters. The Hall–Kier alpha value is -2.85. The fraction of sp³-hybridized carbons (Fsp3) is 0.217. The molecule has 0 bridgehead atoms. The molecule has 1 heterocycles. The standard InChI is InChI=1S/C23H24ClN3O/c1-2-3-4-5-18-14-21(25)20-13-16(8-11-22(20)27-18)19(23(26)28)12-15-6-9-17(24)10-7-15/h6-14H,2-5H2,1H3,(H2,25,27)(H2,26,28)/b19-12+. The number of rotatable bonds is 7. The maximum Gasteiger partial charge on any atom is 0.249 e. The second kappa shape index (κ2) is 8.89. The highest BCUT2D eigenvalue weighted by molar-refractivity contribution is 6.30. The number of benzene rings is 2. The third-order valence-electron chi connectivity index (χ3n) is 4.69. The van der Waals surface area contributed by atoms with Crippen LogP contribution >= 0.6 is 11.6 Å². The zero-order valence-corrected chi connectivity index (χ0v) is 16.7. The van der Waals surface area contributed by atoms with Gasteiger partial charge in [0.15, 0.2) is 0 Å². The van der Waals surface area contributed by atoms with Gasteiger partial charge in [0.05, 0.1) is 5.52 Å². The summed E-state index contributed by atoms with van der Waals surface area (Å²) in [5.74, 6) is -0.503. The van der Waals surface area contributed by atoms with E-state index in [0.717, 1.165) is 35.0 Å². The smallest absolute Gasteiger partial charge is 0.249 e. The van der Waals surface area contributed by atoms with E-state index in [-0.39, 0.29) is 0 Å². The second-order valence-corrected chi connectivity index (χ2v) is 7.30. The molecule has 0 aliphatic carbocycles. The molecule has 3 aromatic rings. The number of fused-ring (bicyclic) bond motifs is 1. The van der Waals surface area contributed by atoms with Gasteiger partial charge in [0, 0.05) is 27.4 Å². The van der Waals surface area contributed by atoms with Crippen molar-refractivity contribution in [3.8, 4) is 0 Å². The summed E-state index contributed by atoms with van der Waals surface area (Å²) in [5, 5.41) is 1.46.